The fourth-order valence-corrected chi connectivity index (χ4v) is 3.19. The molecule has 0 radical (unpaired) electrons. The molecule has 3 heterocycles. The Hall–Kier alpha value is -2.50. The maximum atomic E-state index is 13.0. The number of rotatable bonds is 3. The number of halogens is 1. The monoisotopic (exact) mass is 297 g/mol. The molecule has 0 amide bonds. The molecule has 1 fully saturated rings. The minimum atomic E-state index is -0.193. The van der Waals surface area contributed by atoms with Gasteiger partial charge in [-0.1, -0.05) is 12.1 Å². The summed E-state index contributed by atoms with van der Waals surface area (Å²) in [5.41, 5.74) is 2.72. The van der Waals surface area contributed by atoms with Crippen LogP contribution in [0.25, 0.3) is 11.2 Å². The molecule has 112 valence electrons. The molecule has 1 saturated heterocycles. The number of fused-ring (bicyclic) bond motifs is 1. The van der Waals surface area contributed by atoms with Crippen LogP contribution in [-0.4, -0.2) is 32.5 Å². The highest BCUT2D eigenvalue weighted by atomic mass is 19.1. The van der Waals surface area contributed by atoms with Gasteiger partial charge in [-0.25, -0.2) is 19.3 Å². The van der Waals surface area contributed by atoms with E-state index < -0.39 is 0 Å². The molecule has 4 rings (SSSR count). The SMILES string of the molecule is Fc1ccc(CC2CCCN2c2ncnc3nc[nH]c23)cc1. The van der Waals surface area contributed by atoms with Gasteiger partial charge in [0.05, 0.1) is 6.33 Å². The Morgan fingerprint density at radius 3 is 2.91 bits per heavy atom. The van der Waals surface area contributed by atoms with Gasteiger partial charge in [-0.05, 0) is 37.0 Å². The van der Waals surface area contributed by atoms with Crippen LogP contribution in [-0.2, 0) is 6.42 Å². The van der Waals surface area contributed by atoms with E-state index in [2.05, 4.69) is 24.8 Å². The number of imidazole rings is 1. The molecule has 5 nitrogen and oxygen atoms in total. The average Bonchev–Trinajstić information content (AvgIpc) is 3.18. The van der Waals surface area contributed by atoms with Gasteiger partial charge in [0.2, 0.25) is 0 Å². The van der Waals surface area contributed by atoms with Crippen LogP contribution in [0.15, 0.2) is 36.9 Å². The van der Waals surface area contributed by atoms with Crippen molar-refractivity contribution in [2.24, 2.45) is 0 Å². The van der Waals surface area contributed by atoms with E-state index in [9.17, 15) is 4.39 Å². The first-order chi connectivity index (χ1) is 10.8. The predicted molar refractivity (Wildman–Crippen MR) is 82.2 cm³/mol. The van der Waals surface area contributed by atoms with Crippen LogP contribution >= 0.6 is 0 Å². The Morgan fingerprint density at radius 1 is 1.18 bits per heavy atom. The number of aromatic nitrogens is 4. The van der Waals surface area contributed by atoms with Crippen molar-refractivity contribution >= 4 is 17.0 Å². The summed E-state index contributed by atoms with van der Waals surface area (Å²) in [6.07, 6.45) is 6.34. The van der Waals surface area contributed by atoms with Crippen molar-refractivity contribution in [3.63, 3.8) is 0 Å². The number of nitrogens with zero attached hydrogens (tertiary/aromatic N) is 4. The van der Waals surface area contributed by atoms with E-state index in [4.69, 9.17) is 0 Å². The van der Waals surface area contributed by atoms with Crippen molar-refractivity contribution in [3.05, 3.63) is 48.3 Å². The molecule has 6 heteroatoms. The van der Waals surface area contributed by atoms with Gasteiger partial charge in [0, 0.05) is 12.6 Å². The molecule has 2 aromatic heterocycles. The molecule has 1 N–H and O–H groups in total. The first-order valence-corrected chi connectivity index (χ1v) is 7.46. The van der Waals surface area contributed by atoms with Crippen molar-refractivity contribution in [1.82, 2.24) is 19.9 Å². The van der Waals surface area contributed by atoms with Gasteiger partial charge in [0.15, 0.2) is 11.5 Å². The lowest BCUT2D eigenvalue weighted by molar-refractivity contribution is 0.623. The molecule has 1 atom stereocenters. The summed E-state index contributed by atoms with van der Waals surface area (Å²) in [4.78, 5) is 18.3. The van der Waals surface area contributed by atoms with Gasteiger partial charge in [-0.3, -0.25) is 0 Å². The van der Waals surface area contributed by atoms with E-state index in [1.807, 2.05) is 12.1 Å². The third kappa shape index (κ3) is 2.30. The molecule has 22 heavy (non-hydrogen) atoms. The lowest BCUT2D eigenvalue weighted by atomic mass is 10.0. The van der Waals surface area contributed by atoms with Gasteiger partial charge in [-0.2, -0.15) is 0 Å². The number of benzene rings is 1. The molecule has 3 aromatic rings. The Morgan fingerprint density at radius 2 is 2.05 bits per heavy atom. The van der Waals surface area contributed by atoms with E-state index >= 15 is 0 Å². The van der Waals surface area contributed by atoms with Gasteiger partial charge in [0.1, 0.15) is 17.7 Å². The zero-order chi connectivity index (χ0) is 14.9. The van der Waals surface area contributed by atoms with Gasteiger partial charge >= 0.3 is 0 Å². The number of aromatic amines is 1. The molecule has 1 aliphatic rings. The van der Waals surface area contributed by atoms with Gasteiger partial charge in [0.25, 0.3) is 0 Å². The second kappa shape index (κ2) is 5.36. The van der Waals surface area contributed by atoms with E-state index in [0.29, 0.717) is 11.7 Å². The number of hydrogen-bond donors (Lipinski definition) is 1. The van der Waals surface area contributed by atoms with Gasteiger partial charge < -0.3 is 9.88 Å². The van der Waals surface area contributed by atoms with Crippen molar-refractivity contribution < 1.29 is 4.39 Å². The minimum Gasteiger partial charge on any atom is -0.351 e. The molecule has 1 unspecified atom stereocenters. The average molecular weight is 297 g/mol. The second-order valence-electron chi connectivity index (χ2n) is 5.62. The maximum absolute atomic E-state index is 13.0. The Bertz CT molecular complexity index is 783. The highest BCUT2D eigenvalue weighted by Gasteiger charge is 2.27. The summed E-state index contributed by atoms with van der Waals surface area (Å²) in [6, 6.07) is 7.13. The smallest absolute Gasteiger partial charge is 0.182 e. The molecule has 1 aliphatic heterocycles. The predicted octanol–water partition coefficient (Wildman–Crippen LogP) is 2.70. The van der Waals surface area contributed by atoms with E-state index in [-0.39, 0.29) is 5.82 Å². The highest BCUT2D eigenvalue weighted by Crippen LogP contribution is 2.29. The van der Waals surface area contributed by atoms with Crippen molar-refractivity contribution in [1.29, 1.82) is 0 Å². The summed E-state index contributed by atoms with van der Waals surface area (Å²) in [6.45, 7) is 0.969. The van der Waals surface area contributed by atoms with Crippen LogP contribution in [0, 0.1) is 5.82 Å². The van der Waals surface area contributed by atoms with Crippen LogP contribution in [0.1, 0.15) is 18.4 Å². The maximum Gasteiger partial charge on any atom is 0.182 e. The summed E-state index contributed by atoms with van der Waals surface area (Å²) in [7, 11) is 0. The third-order valence-electron chi connectivity index (χ3n) is 4.24. The topological polar surface area (TPSA) is 57.7 Å². The highest BCUT2D eigenvalue weighted by molar-refractivity contribution is 5.83. The largest absolute Gasteiger partial charge is 0.351 e. The summed E-state index contributed by atoms with van der Waals surface area (Å²) in [5, 5.41) is 0. The first kappa shape index (κ1) is 13.2. The second-order valence-corrected chi connectivity index (χ2v) is 5.62. The van der Waals surface area contributed by atoms with E-state index in [1.54, 1.807) is 12.7 Å². The minimum absolute atomic E-state index is 0.193. The fourth-order valence-electron chi connectivity index (χ4n) is 3.19. The lowest BCUT2D eigenvalue weighted by Crippen LogP contribution is -2.32. The zero-order valence-electron chi connectivity index (χ0n) is 12.0. The molecule has 0 aliphatic carbocycles. The van der Waals surface area contributed by atoms with Crippen LogP contribution in [0.3, 0.4) is 0 Å². The van der Waals surface area contributed by atoms with Crippen molar-refractivity contribution in [3.8, 4) is 0 Å². The van der Waals surface area contributed by atoms with Crippen LogP contribution in [0.2, 0.25) is 0 Å². The van der Waals surface area contributed by atoms with Crippen LogP contribution in [0.4, 0.5) is 10.2 Å². The zero-order valence-corrected chi connectivity index (χ0v) is 12.0. The molecule has 0 bridgehead atoms. The lowest BCUT2D eigenvalue weighted by Gasteiger charge is -2.26. The van der Waals surface area contributed by atoms with E-state index in [0.717, 1.165) is 42.7 Å². The van der Waals surface area contributed by atoms with Gasteiger partial charge in [-0.15, -0.1) is 0 Å². The summed E-state index contributed by atoms with van der Waals surface area (Å²) in [5.74, 6) is 0.717. The molecular weight excluding hydrogens is 281 g/mol. The standard InChI is InChI=1S/C16H16FN5/c17-12-5-3-11(4-6-12)8-13-2-1-7-22(13)16-14-15(19-9-18-14)20-10-21-16/h3-6,9-10,13H,1-2,7-8H2,(H,18,19,20,21). The normalized spacial score (nSPS) is 18.2. The fraction of sp³-hybridized carbons (Fsp3) is 0.312. The van der Waals surface area contributed by atoms with E-state index in [1.165, 1.54) is 12.1 Å². The van der Waals surface area contributed by atoms with Crippen molar-refractivity contribution in [2.45, 2.75) is 25.3 Å². The Labute approximate surface area is 127 Å². The number of H-pyrrole nitrogens is 1. The third-order valence-corrected chi connectivity index (χ3v) is 4.24. The molecule has 0 saturated carbocycles. The number of nitrogens with one attached hydrogen (secondary N) is 1. The Kier molecular flexibility index (Phi) is 3.21. The number of anilines is 1. The summed E-state index contributed by atoms with van der Waals surface area (Å²) >= 11 is 0. The van der Waals surface area contributed by atoms with Crippen molar-refractivity contribution in [2.75, 3.05) is 11.4 Å². The quantitative estimate of drug-likeness (QED) is 0.807. The molecule has 0 spiro atoms. The van der Waals surface area contributed by atoms with Crippen LogP contribution < -0.4 is 4.90 Å². The number of hydrogen-bond acceptors (Lipinski definition) is 4. The molecule has 1 aromatic carbocycles. The van der Waals surface area contributed by atoms with Crippen LogP contribution in [0.5, 0.6) is 0 Å². The summed E-state index contributed by atoms with van der Waals surface area (Å²) < 4.78 is 13.0. The first-order valence-electron chi connectivity index (χ1n) is 7.46. The Balaban J connectivity index is 1.63. The molecular formula is C16H16FN5.